The van der Waals surface area contributed by atoms with Crippen LogP contribution in [-0.2, 0) is 31.4 Å². The van der Waals surface area contributed by atoms with Crippen LogP contribution in [-0.4, -0.2) is 44.2 Å². The fourth-order valence-corrected chi connectivity index (χ4v) is 3.53. The van der Waals surface area contributed by atoms with Gasteiger partial charge in [-0.05, 0) is 25.7 Å². The van der Waals surface area contributed by atoms with E-state index in [0.29, 0.717) is 5.92 Å². The molecule has 130 valence electrons. The zero-order valence-electron chi connectivity index (χ0n) is 14.7. The molecule has 3 heterocycles. The Bertz CT molecular complexity index is 687. The standard InChI is InChI=1S/C18H27N5O/c1-3-23-10-17-16(13-24-12-14-4-5-14)9-22(11-18(17)20-23)8-15-6-19-21(2)7-15/h6-7,10,14,16H,3-5,8-9,11-13H2,1-2H3/t16-/m0/s1. The van der Waals surface area contributed by atoms with Crippen molar-refractivity contribution < 1.29 is 4.74 Å². The lowest BCUT2D eigenvalue weighted by Gasteiger charge is -2.31. The Kier molecular flexibility index (Phi) is 4.41. The molecule has 1 atom stereocenters. The molecule has 1 aliphatic heterocycles. The molecule has 0 N–H and O–H groups in total. The van der Waals surface area contributed by atoms with Gasteiger partial charge in [-0.1, -0.05) is 0 Å². The number of rotatable bonds is 7. The number of aryl methyl sites for hydroxylation is 2. The molecule has 6 nitrogen and oxygen atoms in total. The second kappa shape index (κ2) is 6.69. The van der Waals surface area contributed by atoms with E-state index in [2.05, 4.69) is 34.0 Å². The van der Waals surface area contributed by atoms with E-state index in [1.54, 1.807) is 0 Å². The average Bonchev–Trinajstić information content (AvgIpc) is 3.15. The van der Waals surface area contributed by atoms with Gasteiger partial charge in [0.1, 0.15) is 0 Å². The summed E-state index contributed by atoms with van der Waals surface area (Å²) in [5.41, 5.74) is 3.86. The number of nitrogens with zero attached hydrogens (tertiary/aromatic N) is 5. The molecule has 4 rings (SSSR count). The maximum absolute atomic E-state index is 6.02. The second-order valence-corrected chi connectivity index (χ2v) is 7.26. The van der Waals surface area contributed by atoms with Crippen molar-refractivity contribution in [3.63, 3.8) is 0 Å². The third-order valence-electron chi connectivity index (χ3n) is 5.02. The summed E-state index contributed by atoms with van der Waals surface area (Å²) >= 11 is 0. The largest absolute Gasteiger partial charge is 0.380 e. The van der Waals surface area contributed by atoms with E-state index in [1.165, 1.54) is 29.7 Å². The van der Waals surface area contributed by atoms with E-state index in [9.17, 15) is 0 Å². The predicted octanol–water partition coefficient (Wildman–Crippen LogP) is 2.16. The van der Waals surface area contributed by atoms with Gasteiger partial charge in [-0.25, -0.2) is 0 Å². The van der Waals surface area contributed by atoms with Gasteiger partial charge < -0.3 is 4.74 Å². The summed E-state index contributed by atoms with van der Waals surface area (Å²) in [5, 5.41) is 9.06. The Labute approximate surface area is 143 Å². The van der Waals surface area contributed by atoms with Gasteiger partial charge in [-0.15, -0.1) is 0 Å². The first-order chi connectivity index (χ1) is 11.7. The Morgan fingerprint density at radius 3 is 2.83 bits per heavy atom. The summed E-state index contributed by atoms with van der Waals surface area (Å²) in [6.45, 7) is 7.66. The van der Waals surface area contributed by atoms with E-state index in [4.69, 9.17) is 9.84 Å². The normalized spacial score (nSPS) is 21.2. The summed E-state index contributed by atoms with van der Waals surface area (Å²) in [4.78, 5) is 2.47. The van der Waals surface area contributed by atoms with Crippen LogP contribution in [0.1, 0.15) is 42.5 Å². The van der Waals surface area contributed by atoms with E-state index >= 15 is 0 Å². The number of fused-ring (bicyclic) bond motifs is 1. The third kappa shape index (κ3) is 3.54. The highest BCUT2D eigenvalue weighted by atomic mass is 16.5. The zero-order chi connectivity index (χ0) is 16.5. The minimum Gasteiger partial charge on any atom is -0.380 e. The van der Waals surface area contributed by atoms with Crippen molar-refractivity contribution >= 4 is 0 Å². The molecule has 2 aliphatic rings. The van der Waals surface area contributed by atoms with Crippen molar-refractivity contribution in [2.75, 3.05) is 19.8 Å². The number of aromatic nitrogens is 4. The highest BCUT2D eigenvalue weighted by molar-refractivity contribution is 5.26. The number of hydrogen-bond donors (Lipinski definition) is 0. The highest BCUT2D eigenvalue weighted by Crippen LogP contribution is 2.31. The number of hydrogen-bond acceptors (Lipinski definition) is 4. The fourth-order valence-electron chi connectivity index (χ4n) is 3.53. The molecule has 24 heavy (non-hydrogen) atoms. The molecule has 0 aromatic carbocycles. The van der Waals surface area contributed by atoms with Crippen LogP contribution in [0, 0.1) is 5.92 Å². The van der Waals surface area contributed by atoms with Crippen LogP contribution in [0.15, 0.2) is 18.6 Å². The molecule has 0 unspecified atom stereocenters. The first kappa shape index (κ1) is 15.8. The molecule has 6 heteroatoms. The smallest absolute Gasteiger partial charge is 0.0801 e. The van der Waals surface area contributed by atoms with Crippen molar-refractivity contribution in [3.8, 4) is 0 Å². The molecular formula is C18H27N5O. The summed E-state index contributed by atoms with van der Waals surface area (Å²) < 4.78 is 9.95. The summed E-state index contributed by atoms with van der Waals surface area (Å²) in [6, 6.07) is 0. The topological polar surface area (TPSA) is 48.1 Å². The zero-order valence-corrected chi connectivity index (χ0v) is 14.7. The van der Waals surface area contributed by atoms with Gasteiger partial charge in [0.05, 0.1) is 18.5 Å². The molecule has 0 saturated heterocycles. The molecule has 1 aliphatic carbocycles. The van der Waals surface area contributed by atoms with Crippen LogP contribution in [0.5, 0.6) is 0 Å². The molecule has 0 spiro atoms. The molecule has 0 radical (unpaired) electrons. The van der Waals surface area contributed by atoms with Crippen molar-refractivity contribution in [1.29, 1.82) is 0 Å². The van der Waals surface area contributed by atoms with Crippen molar-refractivity contribution in [2.45, 2.75) is 45.3 Å². The van der Waals surface area contributed by atoms with Crippen LogP contribution < -0.4 is 0 Å². The summed E-state index contributed by atoms with van der Waals surface area (Å²) in [6.07, 6.45) is 8.97. The molecule has 0 bridgehead atoms. The molecule has 2 aromatic heterocycles. The van der Waals surface area contributed by atoms with Crippen LogP contribution in [0.2, 0.25) is 0 Å². The first-order valence-electron chi connectivity index (χ1n) is 9.05. The van der Waals surface area contributed by atoms with Gasteiger partial charge in [0, 0.05) is 69.3 Å². The maximum atomic E-state index is 6.02. The lowest BCUT2D eigenvalue weighted by Crippen LogP contribution is -2.34. The highest BCUT2D eigenvalue weighted by Gasteiger charge is 2.29. The molecule has 2 aromatic rings. The minimum atomic E-state index is 0.421. The average molecular weight is 329 g/mol. The van der Waals surface area contributed by atoms with E-state index in [-0.39, 0.29) is 0 Å². The predicted molar refractivity (Wildman–Crippen MR) is 91.5 cm³/mol. The Hall–Kier alpha value is -1.66. The summed E-state index contributed by atoms with van der Waals surface area (Å²) in [7, 11) is 1.97. The monoisotopic (exact) mass is 329 g/mol. The van der Waals surface area contributed by atoms with Crippen molar-refractivity contribution in [3.05, 3.63) is 35.4 Å². The quantitative estimate of drug-likeness (QED) is 0.781. The molecule has 1 fully saturated rings. The lowest BCUT2D eigenvalue weighted by molar-refractivity contribution is 0.0890. The second-order valence-electron chi connectivity index (χ2n) is 7.26. The Morgan fingerprint density at radius 2 is 2.12 bits per heavy atom. The molecule has 1 saturated carbocycles. The minimum absolute atomic E-state index is 0.421. The van der Waals surface area contributed by atoms with Crippen LogP contribution in [0.3, 0.4) is 0 Å². The van der Waals surface area contributed by atoms with Gasteiger partial charge in [-0.3, -0.25) is 14.3 Å². The number of ether oxygens (including phenoxy) is 1. The lowest BCUT2D eigenvalue weighted by atomic mass is 9.95. The van der Waals surface area contributed by atoms with E-state index in [0.717, 1.165) is 45.3 Å². The van der Waals surface area contributed by atoms with Crippen LogP contribution in [0.25, 0.3) is 0 Å². The van der Waals surface area contributed by atoms with Gasteiger partial charge >= 0.3 is 0 Å². The maximum Gasteiger partial charge on any atom is 0.0801 e. The third-order valence-corrected chi connectivity index (χ3v) is 5.02. The van der Waals surface area contributed by atoms with Crippen molar-refractivity contribution in [2.24, 2.45) is 13.0 Å². The van der Waals surface area contributed by atoms with Crippen LogP contribution >= 0.6 is 0 Å². The summed E-state index contributed by atoms with van der Waals surface area (Å²) in [5.74, 6) is 1.24. The molecular weight excluding hydrogens is 302 g/mol. The van der Waals surface area contributed by atoms with E-state index in [1.807, 2.05) is 17.9 Å². The molecule has 0 amide bonds. The first-order valence-corrected chi connectivity index (χ1v) is 9.05. The van der Waals surface area contributed by atoms with Crippen molar-refractivity contribution in [1.82, 2.24) is 24.5 Å². The van der Waals surface area contributed by atoms with Gasteiger partial charge in [0.25, 0.3) is 0 Å². The Balaban J connectivity index is 1.46. The SMILES string of the molecule is CCn1cc2c(n1)CN(Cc1cnn(C)c1)C[C@H]2COCC1CC1. The van der Waals surface area contributed by atoms with Gasteiger partial charge in [0.15, 0.2) is 0 Å². The van der Waals surface area contributed by atoms with Crippen LogP contribution in [0.4, 0.5) is 0 Å². The Morgan fingerprint density at radius 1 is 1.25 bits per heavy atom. The van der Waals surface area contributed by atoms with E-state index < -0.39 is 0 Å². The van der Waals surface area contributed by atoms with Gasteiger partial charge in [-0.2, -0.15) is 10.2 Å². The fraction of sp³-hybridized carbons (Fsp3) is 0.667. The van der Waals surface area contributed by atoms with Gasteiger partial charge in [0.2, 0.25) is 0 Å².